The second kappa shape index (κ2) is 9.27. The third-order valence-electron chi connectivity index (χ3n) is 6.08. The Balaban J connectivity index is 1.33. The predicted molar refractivity (Wildman–Crippen MR) is 123 cm³/mol. The second-order valence-corrected chi connectivity index (χ2v) is 8.23. The average Bonchev–Trinajstić information content (AvgIpc) is 2.78. The molecule has 3 N–H and O–H groups in total. The van der Waals surface area contributed by atoms with Crippen LogP contribution in [0, 0.1) is 12.8 Å². The SMILES string of the molecule is Cc1nc2ccccc2cc1C(=O)Nc1ccc(CCN2CCC(C(N)=O)CC2)cc1. The zero-order valence-corrected chi connectivity index (χ0v) is 17.8. The molecule has 0 saturated carbocycles. The third kappa shape index (κ3) is 5.09. The van der Waals surface area contributed by atoms with Gasteiger partial charge in [0.15, 0.2) is 0 Å². The first-order valence-corrected chi connectivity index (χ1v) is 10.8. The molecule has 31 heavy (non-hydrogen) atoms. The number of anilines is 1. The summed E-state index contributed by atoms with van der Waals surface area (Å²) in [5.74, 6) is -0.298. The first kappa shape index (κ1) is 21.0. The number of aromatic nitrogens is 1. The summed E-state index contributed by atoms with van der Waals surface area (Å²) >= 11 is 0. The molecular weight excluding hydrogens is 388 g/mol. The number of hydrogen-bond donors (Lipinski definition) is 2. The van der Waals surface area contributed by atoms with Crippen molar-refractivity contribution in [2.24, 2.45) is 11.7 Å². The van der Waals surface area contributed by atoms with E-state index in [9.17, 15) is 9.59 Å². The first-order chi connectivity index (χ1) is 15.0. The number of primary amides is 1. The summed E-state index contributed by atoms with van der Waals surface area (Å²) < 4.78 is 0. The molecule has 0 aliphatic carbocycles. The number of likely N-dealkylation sites (tertiary alicyclic amines) is 1. The normalized spacial score (nSPS) is 15.1. The van der Waals surface area contributed by atoms with E-state index < -0.39 is 0 Å². The van der Waals surface area contributed by atoms with Gasteiger partial charge >= 0.3 is 0 Å². The van der Waals surface area contributed by atoms with E-state index in [-0.39, 0.29) is 17.7 Å². The highest BCUT2D eigenvalue weighted by molar-refractivity contribution is 6.06. The average molecular weight is 417 g/mol. The lowest BCUT2D eigenvalue weighted by Crippen LogP contribution is -2.39. The van der Waals surface area contributed by atoms with E-state index in [1.807, 2.05) is 49.4 Å². The summed E-state index contributed by atoms with van der Waals surface area (Å²) in [5, 5.41) is 3.93. The van der Waals surface area contributed by atoms with Gasteiger partial charge in [0.25, 0.3) is 5.91 Å². The van der Waals surface area contributed by atoms with E-state index >= 15 is 0 Å². The number of aryl methyl sites for hydroxylation is 1. The molecule has 3 aromatic rings. The molecule has 0 atom stereocenters. The molecule has 2 heterocycles. The Kier molecular flexibility index (Phi) is 6.28. The zero-order chi connectivity index (χ0) is 21.8. The van der Waals surface area contributed by atoms with Crippen LogP contribution in [0.2, 0.25) is 0 Å². The van der Waals surface area contributed by atoms with Crippen LogP contribution >= 0.6 is 0 Å². The number of amides is 2. The number of carbonyl (C=O) groups excluding carboxylic acids is 2. The zero-order valence-electron chi connectivity index (χ0n) is 17.8. The number of benzene rings is 2. The second-order valence-electron chi connectivity index (χ2n) is 8.23. The van der Waals surface area contributed by atoms with Crippen LogP contribution in [0.5, 0.6) is 0 Å². The van der Waals surface area contributed by atoms with Crippen LogP contribution in [0.25, 0.3) is 10.9 Å². The van der Waals surface area contributed by atoms with E-state index in [2.05, 4.69) is 27.3 Å². The number of nitrogens with two attached hydrogens (primary N) is 1. The van der Waals surface area contributed by atoms with Crippen LogP contribution in [-0.2, 0) is 11.2 Å². The Hall–Kier alpha value is -3.25. The number of nitrogens with one attached hydrogen (secondary N) is 1. The minimum atomic E-state index is -0.174. The minimum Gasteiger partial charge on any atom is -0.369 e. The predicted octanol–water partition coefficient (Wildman–Crippen LogP) is 3.54. The molecule has 2 amide bonds. The van der Waals surface area contributed by atoms with Gasteiger partial charge in [0, 0.05) is 23.5 Å². The number of rotatable bonds is 6. The van der Waals surface area contributed by atoms with Gasteiger partial charge in [-0.3, -0.25) is 14.6 Å². The number of pyridine rings is 1. The van der Waals surface area contributed by atoms with Crippen molar-refractivity contribution in [2.45, 2.75) is 26.2 Å². The fourth-order valence-corrected chi connectivity index (χ4v) is 4.12. The minimum absolute atomic E-state index is 0.0283. The smallest absolute Gasteiger partial charge is 0.257 e. The monoisotopic (exact) mass is 416 g/mol. The van der Waals surface area contributed by atoms with Crippen molar-refractivity contribution in [3.8, 4) is 0 Å². The van der Waals surface area contributed by atoms with E-state index in [0.29, 0.717) is 11.3 Å². The number of carbonyl (C=O) groups is 2. The molecule has 6 nitrogen and oxygen atoms in total. The van der Waals surface area contributed by atoms with Crippen molar-refractivity contribution < 1.29 is 9.59 Å². The number of para-hydroxylation sites is 1. The maximum absolute atomic E-state index is 12.8. The highest BCUT2D eigenvalue weighted by Gasteiger charge is 2.22. The number of fused-ring (bicyclic) bond motifs is 1. The maximum Gasteiger partial charge on any atom is 0.257 e. The lowest BCUT2D eigenvalue weighted by atomic mass is 9.96. The van der Waals surface area contributed by atoms with Gasteiger partial charge in [0.05, 0.1) is 16.8 Å². The van der Waals surface area contributed by atoms with Gasteiger partial charge in [-0.1, -0.05) is 30.3 Å². The van der Waals surface area contributed by atoms with Gasteiger partial charge in [-0.05, 0) is 69.1 Å². The summed E-state index contributed by atoms with van der Waals surface area (Å²) in [4.78, 5) is 31.0. The molecule has 2 aromatic carbocycles. The van der Waals surface area contributed by atoms with E-state index in [4.69, 9.17) is 5.73 Å². The van der Waals surface area contributed by atoms with Crippen LogP contribution in [0.15, 0.2) is 54.6 Å². The fourth-order valence-electron chi connectivity index (χ4n) is 4.12. The van der Waals surface area contributed by atoms with Crippen molar-refractivity contribution in [1.82, 2.24) is 9.88 Å². The van der Waals surface area contributed by atoms with Crippen LogP contribution < -0.4 is 11.1 Å². The molecule has 0 bridgehead atoms. The van der Waals surface area contributed by atoms with E-state index in [1.54, 1.807) is 0 Å². The molecule has 6 heteroatoms. The summed E-state index contributed by atoms with van der Waals surface area (Å²) in [6.45, 7) is 4.65. The van der Waals surface area contributed by atoms with Gasteiger partial charge in [-0.15, -0.1) is 0 Å². The summed E-state index contributed by atoms with van der Waals surface area (Å²) in [7, 11) is 0. The van der Waals surface area contributed by atoms with Crippen molar-refractivity contribution >= 4 is 28.4 Å². The highest BCUT2D eigenvalue weighted by atomic mass is 16.2. The standard InChI is InChI=1S/C25H28N4O2/c1-17-22(16-20-4-2-3-5-23(20)27-17)25(31)28-21-8-6-18(7-9-21)10-13-29-14-11-19(12-15-29)24(26)30/h2-9,16,19H,10-15H2,1H3,(H2,26,30)(H,28,31). The largest absolute Gasteiger partial charge is 0.369 e. The summed E-state index contributed by atoms with van der Waals surface area (Å²) in [6, 6.07) is 17.7. The number of nitrogens with zero attached hydrogens (tertiary/aromatic N) is 2. The molecule has 1 aliphatic rings. The molecule has 1 aromatic heterocycles. The van der Waals surface area contributed by atoms with Crippen LogP contribution in [-0.4, -0.2) is 41.3 Å². The molecule has 1 fully saturated rings. The Morgan fingerprint density at radius 1 is 1.10 bits per heavy atom. The summed E-state index contributed by atoms with van der Waals surface area (Å²) in [6.07, 6.45) is 2.63. The van der Waals surface area contributed by atoms with Crippen molar-refractivity contribution in [3.05, 3.63) is 71.4 Å². The molecule has 0 spiro atoms. The quantitative estimate of drug-likeness (QED) is 0.643. The Morgan fingerprint density at radius 3 is 2.52 bits per heavy atom. The fraction of sp³-hybridized carbons (Fsp3) is 0.320. The van der Waals surface area contributed by atoms with Crippen LogP contribution in [0.1, 0.15) is 34.5 Å². The molecule has 0 unspecified atom stereocenters. The van der Waals surface area contributed by atoms with Gasteiger partial charge in [0.2, 0.25) is 5.91 Å². The van der Waals surface area contributed by atoms with Crippen LogP contribution in [0.4, 0.5) is 5.69 Å². The van der Waals surface area contributed by atoms with Crippen LogP contribution in [0.3, 0.4) is 0 Å². The van der Waals surface area contributed by atoms with E-state index in [1.165, 1.54) is 5.56 Å². The molecule has 4 rings (SSSR count). The molecule has 1 aliphatic heterocycles. The Labute approximate surface area is 182 Å². The van der Waals surface area contributed by atoms with Gasteiger partial charge in [-0.25, -0.2) is 0 Å². The third-order valence-corrected chi connectivity index (χ3v) is 6.08. The highest BCUT2D eigenvalue weighted by Crippen LogP contribution is 2.19. The molecule has 1 saturated heterocycles. The topological polar surface area (TPSA) is 88.3 Å². The number of hydrogen-bond acceptors (Lipinski definition) is 4. The van der Waals surface area contributed by atoms with Crippen molar-refractivity contribution in [1.29, 1.82) is 0 Å². The molecule has 160 valence electrons. The van der Waals surface area contributed by atoms with E-state index in [0.717, 1.165) is 55.5 Å². The Morgan fingerprint density at radius 2 is 1.81 bits per heavy atom. The van der Waals surface area contributed by atoms with Gasteiger partial charge < -0.3 is 16.0 Å². The maximum atomic E-state index is 12.8. The Bertz CT molecular complexity index is 1090. The van der Waals surface area contributed by atoms with Gasteiger partial charge in [-0.2, -0.15) is 0 Å². The first-order valence-electron chi connectivity index (χ1n) is 10.8. The van der Waals surface area contributed by atoms with Crippen molar-refractivity contribution in [3.63, 3.8) is 0 Å². The van der Waals surface area contributed by atoms with Gasteiger partial charge in [0.1, 0.15) is 0 Å². The lowest BCUT2D eigenvalue weighted by molar-refractivity contribution is -0.123. The molecule has 0 radical (unpaired) electrons. The van der Waals surface area contributed by atoms with Crippen molar-refractivity contribution in [2.75, 3.05) is 25.0 Å². The lowest BCUT2D eigenvalue weighted by Gasteiger charge is -2.30. The summed E-state index contributed by atoms with van der Waals surface area (Å²) in [5.41, 5.74) is 9.58. The molecular formula is C25H28N4O2. The number of piperidine rings is 1.